The lowest BCUT2D eigenvalue weighted by Crippen LogP contribution is -2.40. The number of rotatable bonds is 2. The van der Waals surface area contributed by atoms with E-state index in [2.05, 4.69) is 10.3 Å². The van der Waals surface area contributed by atoms with E-state index in [0.29, 0.717) is 5.03 Å². The van der Waals surface area contributed by atoms with Gasteiger partial charge in [-0.25, -0.2) is 0 Å². The summed E-state index contributed by atoms with van der Waals surface area (Å²) in [5, 5.41) is 3.75. The third-order valence-electron chi connectivity index (χ3n) is 2.31. The molecule has 3 nitrogen and oxygen atoms in total. The molecule has 0 amide bonds. The van der Waals surface area contributed by atoms with Crippen molar-refractivity contribution in [1.29, 1.82) is 0 Å². The van der Waals surface area contributed by atoms with Crippen molar-refractivity contribution in [1.82, 2.24) is 10.3 Å². The third kappa shape index (κ3) is 1.89. The molecule has 0 spiro atoms. The van der Waals surface area contributed by atoms with Crippen LogP contribution in [0.1, 0.15) is 5.56 Å². The maximum absolute atomic E-state index is 5.83. The second kappa shape index (κ2) is 4.04. The monoisotopic (exact) mass is 222 g/mol. The molecule has 1 atom stereocenters. The number of halogens is 1. The zero-order chi connectivity index (χ0) is 10.7. The number of nitrogens with zero attached hydrogens (tertiary/aromatic N) is 1. The predicted molar refractivity (Wildman–Crippen MR) is 59.1 cm³/mol. The Morgan fingerprint density at radius 2 is 2.40 bits per heavy atom. The smallest absolute Gasteiger partial charge is 0.185 e. The molecule has 1 aromatic rings. The lowest BCUT2D eigenvalue weighted by atomic mass is 10.0. The van der Waals surface area contributed by atoms with Crippen LogP contribution in [0, 0.1) is 0 Å². The van der Waals surface area contributed by atoms with Crippen LogP contribution in [-0.4, -0.2) is 12.1 Å². The summed E-state index contributed by atoms with van der Waals surface area (Å²) in [5.41, 5.74) is 0.274. The summed E-state index contributed by atoms with van der Waals surface area (Å²) in [5.74, 6) is 0. The number of nitrogens with one attached hydrogen (secondary N) is 1. The number of methoxy groups -OCH3 is 1. The third-order valence-corrected chi connectivity index (χ3v) is 2.55. The summed E-state index contributed by atoms with van der Waals surface area (Å²) in [4.78, 5) is 4.06. The highest BCUT2D eigenvalue weighted by Gasteiger charge is 2.29. The van der Waals surface area contributed by atoms with Gasteiger partial charge in [-0.15, -0.1) is 0 Å². The van der Waals surface area contributed by atoms with Gasteiger partial charge >= 0.3 is 0 Å². The van der Waals surface area contributed by atoms with Crippen molar-refractivity contribution in [2.75, 3.05) is 7.11 Å². The Balaban J connectivity index is 2.37. The topological polar surface area (TPSA) is 34.1 Å². The van der Waals surface area contributed by atoms with Gasteiger partial charge in [-0.2, -0.15) is 0 Å². The Labute approximate surface area is 93.4 Å². The Morgan fingerprint density at radius 1 is 1.53 bits per heavy atom. The molecule has 0 aliphatic carbocycles. The molecule has 4 heteroatoms. The Kier molecular flexibility index (Phi) is 2.75. The molecule has 78 valence electrons. The van der Waals surface area contributed by atoms with Gasteiger partial charge in [0.15, 0.2) is 5.72 Å². The number of dihydropyridines is 1. The number of allylic oxidation sites excluding steroid dienone is 2. The van der Waals surface area contributed by atoms with Gasteiger partial charge in [0.25, 0.3) is 0 Å². The average Bonchev–Trinajstić information content (AvgIpc) is 2.32. The Bertz CT molecular complexity index is 402. The van der Waals surface area contributed by atoms with Crippen LogP contribution in [0.5, 0.6) is 0 Å². The number of ether oxygens (including phenoxy) is 1. The van der Waals surface area contributed by atoms with Gasteiger partial charge < -0.3 is 10.1 Å². The summed E-state index contributed by atoms with van der Waals surface area (Å²) in [6.45, 7) is 0. The largest absolute Gasteiger partial charge is 0.355 e. The molecule has 0 bridgehead atoms. The molecule has 1 N–H and O–H groups in total. The summed E-state index contributed by atoms with van der Waals surface area (Å²) in [7, 11) is 1.64. The second-order valence-electron chi connectivity index (χ2n) is 3.19. The van der Waals surface area contributed by atoms with Crippen LogP contribution in [0.3, 0.4) is 0 Å². The molecule has 0 saturated carbocycles. The molecule has 0 fully saturated rings. The van der Waals surface area contributed by atoms with E-state index in [0.717, 1.165) is 5.56 Å². The zero-order valence-corrected chi connectivity index (χ0v) is 9.03. The average molecular weight is 223 g/mol. The van der Waals surface area contributed by atoms with Gasteiger partial charge in [0.1, 0.15) is 0 Å². The number of pyridine rings is 1. The molecule has 1 aromatic heterocycles. The molecular weight excluding hydrogens is 212 g/mol. The summed E-state index contributed by atoms with van der Waals surface area (Å²) in [6, 6.07) is 3.81. The van der Waals surface area contributed by atoms with Gasteiger partial charge in [0, 0.05) is 31.3 Å². The summed E-state index contributed by atoms with van der Waals surface area (Å²) in [6.07, 6.45) is 8.86. The fraction of sp³-hybridized carbons (Fsp3) is 0.182. The van der Waals surface area contributed by atoms with E-state index < -0.39 is 5.72 Å². The second-order valence-corrected chi connectivity index (χ2v) is 3.62. The van der Waals surface area contributed by atoms with Crippen LogP contribution in [0.2, 0.25) is 0 Å². The first-order chi connectivity index (χ1) is 7.27. The molecule has 1 unspecified atom stereocenters. The minimum atomic E-state index is -0.660. The van der Waals surface area contributed by atoms with Crippen LogP contribution in [-0.2, 0) is 10.5 Å². The first-order valence-corrected chi connectivity index (χ1v) is 4.93. The van der Waals surface area contributed by atoms with E-state index in [-0.39, 0.29) is 0 Å². The van der Waals surface area contributed by atoms with Crippen molar-refractivity contribution in [3.63, 3.8) is 0 Å². The lowest BCUT2D eigenvalue weighted by Gasteiger charge is -2.31. The highest BCUT2D eigenvalue weighted by atomic mass is 35.5. The number of hydrogen-bond acceptors (Lipinski definition) is 3. The quantitative estimate of drug-likeness (QED) is 0.833. The molecule has 15 heavy (non-hydrogen) atoms. The molecule has 2 rings (SSSR count). The highest BCUT2D eigenvalue weighted by molar-refractivity contribution is 6.31. The van der Waals surface area contributed by atoms with Crippen molar-refractivity contribution in [3.05, 3.63) is 53.5 Å². The SMILES string of the molecule is COC1(c2cccnc2)C=CC(Cl)=CN1. The summed E-state index contributed by atoms with van der Waals surface area (Å²) >= 11 is 5.83. The molecule has 1 aliphatic rings. The maximum Gasteiger partial charge on any atom is 0.185 e. The van der Waals surface area contributed by atoms with Crippen molar-refractivity contribution < 1.29 is 4.74 Å². The minimum absolute atomic E-state index is 0.645. The molecule has 1 aliphatic heterocycles. The predicted octanol–water partition coefficient (Wildman–Crippen LogP) is 2.12. The van der Waals surface area contributed by atoms with Crippen LogP contribution >= 0.6 is 11.6 Å². The molecule has 2 heterocycles. The van der Waals surface area contributed by atoms with Crippen molar-refractivity contribution in [2.45, 2.75) is 5.72 Å². The number of hydrogen-bond donors (Lipinski definition) is 1. The minimum Gasteiger partial charge on any atom is -0.355 e. The lowest BCUT2D eigenvalue weighted by molar-refractivity contribution is 0.00879. The van der Waals surface area contributed by atoms with Gasteiger partial charge in [-0.3, -0.25) is 4.98 Å². The standard InChI is InChI=1S/C11H11ClN2O/c1-15-11(5-4-10(12)8-14-11)9-3-2-6-13-7-9/h2-8,14H,1H3. The van der Waals surface area contributed by atoms with E-state index in [1.807, 2.05) is 18.2 Å². The molecule has 0 radical (unpaired) electrons. The normalized spacial score (nSPS) is 24.5. The molecule has 0 saturated heterocycles. The van der Waals surface area contributed by atoms with Gasteiger partial charge in [-0.1, -0.05) is 17.7 Å². The first kappa shape index (κ1) is 10.2. The Morgan fingerprint density at radius 3 is 2.93 bits per heavy atom. The van der Waals surface area contributed by atoms with Crippen molar-refractivity contribution in [2.24, 2.45) is 0 Å². The van der Waals surface area contributed by atoms with E-state index in [4.69, 9.17) is 16.3 Å². The van der Waals surface area contributed by atoms with E-state index in [1.54, 1.807) is 31.8 Å². The fourth-order valence-corrected chi connectivity index (χ4v) is 1.59. The van der Waals surface area contributed by atoms with Crippen LogP contribution in [0.4, 0.5) is 0 Å². The fourth-order valence-electron chi connectivity index (χ4n) is 1.48. The zero-order valence-electron chi connectivity index (χ0n) is 8.27. The van der Waals surface area contributed by atoms with Gasteiger partial charge in [0.2, 0.25) is 0 Å². The van der Waals surface area contributed by atoms with E-state index in [9.17, 15) is 0 Å². The highest BCUT2D eigenvalue weighted by Crippen LogP contribution is 2.27. The van der Waals surface area contributed by atoms with Gasteiger partial charge in [-0.05, 0) is 18.2 Å². The van der Waals surface area contributed by atoms with Crippen LogP contribution < -0.4 is 5.32 Å². The van der Waals surface area contributed by atoms with Gasteiger partial charge in [0.05, 0.1) is 5.03 Å². The van der Waals surface area contributed by atoms with Crippen LogP contribution in [0.25, 0.3) is 0 Å². The Hall–Kier alpha value is -1.32. The van der Waals surface area contributed by atoms with E-state index in [1.165, 1.54) is 0 Å². The van der Waals surface area contributed by atoms with E-state index >= 15 is 0 Å². The van der Waals surface area contributed by atoms with Crippen molar-refractivity contribution >= 4 is 11.6 Å². The molecular formula is C11H11ClN2O. The van der Waals surface area contributed by atoms with Crippen LogP contribution in [0.15, 0.2) is 47.9 Å². The summed E-state index contributed by atoms with van der Waals surface area (Å²) < 4.78 is 5.47. The molecule has 0 aromatic carbocycles. The van der Waals surface area contributed by atoms with Crippen molar-refractivity contribution in [3.8, 4) is 0 Å². The number of aromatic nitrogens is 1. The maximum atomic E-state index is 5.83. The first-order valence-electron chi connectivity index (χ1n) is 4.55.